The second kappa shape index (κ2) is 4.62. The molecule has 0 spiro atoms. The number of nitrogens with one attached hydrogen (secondary N) is 1. The second-order valence-corrected chi connectivity index (χ2v) is 5.69. The first-order valence-corrected chi connectivity index (χ1v) is 6.34. The van der Waals surface area contributed by atoms with E-state index in [4.69, 9.17) is 11.6 Å². The highest BCUT2D eigenvalue weighted by Crippen LogP contribution is 2.37. The Hall–Kier alpha value is -0.760. The zero-order valence-electron chi connectivity index (χ0n) is 9.96. The third kappa shape index (κ3) is 2.67. The van der Waals surface area contributed by atoms with Crippen molar-refractivity contribution >= 4 is 17.3 Å². The summed E-state index contributed by atoms with van der Waals surface area (Å²) in [5, 5.41) is 4.14. The number of nitrogens with zero attached hydrogens (tertiary/aromatic N) is 1. The van der Waals surface area contributed by atoms with Gasteiger partial charge in [0.1, 0.15) is 5.15 Å². The minimum atomic E-state index is 0.369. The number of anilines is 1. The van der Waals surface area contributed by atoms with E-state index in [1.807, 2.05) is 12.1 Å². The Bertz CT molecular complexity index is 363. The van der Waals surface area contributed by atoms with Crippen LogP contribution in [0.5, 0.6) is 0 Å². The van der Waals surface area contributed by atoms with Gasteiger partial charge in [0, 0.05) is 17.9 Å². The van der Waals surface area contributed by atoms with Gasteiger partial charge in [-0.2, -0.15) is 0 Å². The summed E-state index contributed by atoms with van der Waals surface area (Å²) in [6, 6.07) is 4.42. The molecule has 16 heavy (non-hydrogen) atoms. The molecule has 0 bridgehead atoms. The second-order valence-electron chi connectivity index (χ2n) is 5.30. The van der Waals surface area contributed by atoms with E-state index in [9.17, 15) is 0 Å². The first-order valence-electron chi connectivity index (χ1n) is 5.96. The van der Waals surface area contributed by atoms with Crippen LogP contribution in [0.3, 0.4) is 0 Å². The van der Waals surface area contributed by atoms with Crippen molar-refractivity contribution in [2.24, 2.45) is 5.41 Å². The third-order valence-corrected chi connectivity index (χ3v) is 3.78. The zero-order chi connectivity index (χ0) is 11.6. The van der Waals surface area contributed by atoms with E-state index < -0.39 is 0 Å². The number of pyridine rings is 1. The van der Waals surface area contributed by atoms with Crippen molar-refractivity contribution in [2.75, 3.05) is 5.32 Å². The van der Waals surface area contributed by atoms with E-state index in [0.717, 1.165) is 5.69 Å². The first kappa shape index (κ1) is 11.7. The molecule has 1 aliphatic carbocycles. The van der Waals surface area contributed by atoms with Gasteiger partial charge in [0.15, 0.2) is 0 Å². The van der Waals surface area contributed by atoms with Crippen LogP contribution in [0.15, 0.2) is 18.3 Å². The Labute approximate surface area is 102 Å². The zero-order valence-corrected chi connectivity index (χ0v) is 10.7. The monoisotopic (exact) mass is 238 g/mol. The van der Waals surface area contributed by atoms with E-state index in [0.29, 0.717) is 16.6 Å². The lowest BCUT2D eigenvalue weighted by molar-refractivity contribution is 0.217. The number of hydrogen-bond donors (Lipinski definition) is 1. The van der Waals surface area contributed by atoms with Gasteiger partial charge in [0.25, 0.3) is 0 Å². The Kier molecular flexibility index (Phi) is 3.38. The van der Waals surface area contributed by atoms with Crippen LogP contribution in [0.1, 0.15) is 39.5 Å². The summed E-state index contributed by atoms with van der Waals surface area (Å²) in [6.07, 6.45) is 6.96. The van der Waals surface area contributed by atoms with Gasteiger partial charge in [0.05, 0.1) is 0 Å². The first-order chi connectivity index (χ1) is 7.58. The van der Waals surface area contributed by atoms with Crippen molar-refractivity contribution < 1.29 is 0 Å². The van der Waals surface area contributed by atoms with Crippen LogP contribution >= 0.6 is 11.6 Å². The lowest BCUT2D eigenvalue weighted by Gasteiger charge is -2.39. The minimum Gasteiger partial charge on any atom is -0.382 e. The summed E-state index contributed by atoms with van der Waals surface area (Å²) in [5.74, 6) is 0. The molecule has 2 rings (SSSR count). The van der Waals surface area contributed by atoms with Crippen molar-refractivity contribution in [3.63, 3.8) is 0 Å². The molecule has 3 heteroatoms. The fraction of sp³-hybridized carbons (Fsp3) is 0.615. The summed E-state index contributed by atoms with van der Waals surface area (Å²) in [4.78, 5) is 3.99. The molecule has 0 aliphatic heterocycles. The topological polar surface area (TPSA) is 24.9 Å². The van der Waals surface area contributed by atoms with Gasteiger partial charge in [-0.1, -0.05) is 38.3 Å². The Morgan fingerprint density at radius 2 is 2.25 bits per heavy atom. The molecule has 1 unspecified atom stereocenters. The van der Waals surface area contributed by atoms with Gasteiger partial charge in [0.2, 0.25) is 0 Å². The fourth-order valence-electron chi connectivity index (χ4n) is 2.46. The molecule has 88 valence electrons. The highest BCUT2D eigenvalue weighted by Gasteiger charge is 2.31. The van der Waals surface area contributed by atoms with Gasteiger partial charge >= 0.3 is 0 Å². The van der Waals surface area contributed by atoms with Crippen molar-refractivity contribution in [1.82, 2.24) is 4.98 Å². The third-order valence-electron chi connectivity index (χ3n) is 3.57. The molecule has 1 aromatic rings. The SMILES string of the molecule is CC1(C)CCCCC1Nc1ccnc(Cl)c1. The number of aromatic nitrogens is 1. The summed E-state index contributed by atoms with van der Waals surface area (Å²) < 4.78 is 0. The van der Waals surface area contributed by atoms with Crippen molar-refractivity contribution in [1.29, 1.82) is 0 Å². The normalized spacial score (nSPS) is 24.1. The molecule has 1 heterocycles. The number of rotatable bonds is 2. The molecule has 1 N–H and O–H groups in total. The molecule has 2 nitrogen and oxygen atoms in total. The lowest BCUT2D eigenvalue weighted by Crippen LogP contribution is -2.38. The van der Waals surface area contributed by atoms with Crippen LogP contribution in [-0.2, 0) is 0 Å². The Balaban J connectivity index is 2.08. The van der Waals surface area contributed by atoms with E-state index in [2.05, 4.69) is 24.1 Å². The molecule has 1 atom stereocenters. The van der Waals surface area contributed by atoms with E-state index in [1.165, 1.54) is 25.7 Å². The fourth-order valence-corrected chi connectivity index (χ4v) is 2.63. The van der Waals surface area contributed by atoms with Gasteiger partial charge < -0.3 is 5.32 Å². The van der Waals surface area contributed by atoms with Crippen LogP contribution in [0.4, 0.5) is 5.69 Å². The van der Waals surface area contributed by atoms with Gasteiger partial charge in [-0.3, -0.25) is 0 Å². The summed E-state index contributed by atoms with van der Waals surface area (Å²) in [7, 11) is 0. The molecule has 1 saturated carbocycles. The number of hydrogen-bond acceptors (Lipinski definition) is 2. The van der Waals surface area contributed by atoms with Crippen LogP contribution in [-0.4, -0.2) is 11.0 Å². The minimum absolute atomic E-state index is 0.369. The standard InChI is InChI=1S/C13H19ClN2/c1-13(2)7-4-3-5-11(13)16-10-6-8-15-12(14)9-10/h6,8-9,11H,3-5,7H2,1-2H3,(H,15,16). The van der Waals surface area contributed by atoms with E-state index in [-0.39, 0.29) is 0 Å². The number of halogens is 1. The largest absolute Gasteiger partial charge is 0.382 e. The van der Waals surface area contributed by atoms with Gasteiger partial charge in [-0.25, -0.2) is 4.98 Å². The molecule has 0 saturated heterocycles. The van der Waals surface area contributed by atoms with Crippen molar-refractivity contribution in [3.8, 4) is 0 Å². The Morgan fingerprint density at radius 1 is 1.44 bits per heavy atom. The summed E-state index contributed by atoms with van der Waals surface area (Å²) in [6.45, 7) is 4.68. The van der Waals surface area contributed by atoms with Gasteiger partial charge in [-0.15, -0.1) is 0 Å². The van der Waals surface area contributed by atoms with Crippen molar-refractivity contribution in [3.05, 3.63) is 23.5 Å². The molecule has 1 aromatic heterocycles. The average molecular weight is 239 g/mol. The summed E-state index contributed by atoms with van der Waals surface area (Å²) >= 11 is 5.88. The van der Waals surface area contributed by atoms with E-state index in [1.54, 1.807) is 6.20 Å². The molecular weight excluding hydrogens is 220 g/mol. The highest BCUT2D eigenvalue weighted by molar-refractivity contribution is 6.29. The maximum Gasteiger partial charge on any atom is 0.131 e. The highest BCUT2D eigenvalue weighted by atomic mass is 35.5. The van der Waals surface area contributed by atoms with Crippen LogP contribution in [0, 0.1) is 5.41 Å². The van der Waals surface area contributed by atoms with Crippen LogP contribution in [0.25, 0.3) is 0 Å². The molecule has 1 fully saturated rings. The van der Waals surface area contributed by atoms with Crippen molar-refractivity contribution in [2.45, 2.75) is 45.6 Å². The molecular formula is C13H19ClN2. The van der Waals surface area contributed by atoms with Gasteiger partial charge in [-0.05, 0) is 30.4 Å². The smallest absolute Gasteiger partial charge is 0.131 e. The molecule has 1 aliphatic rings. The summed E-state index contributed by atoms with van der Waals surface area (Å²) in [5.41, 5.74) is 1.45. The van der Waals surface area contributed by atoms with Crippen LogP contribution < -0.4 is 5.32 Å². The maximum absolute atomic E-state index is 5.88. The maximum atomic E-state index is 5.88. The predicted molar refractivity (Wildman–Crippen MR) is 68.9 cm³/mol. The Morgan fingerprint density at radius 3 is 2.94 bits per heavy atom. The molecule has 0 radical (unpaired) electrons. The van der Waals surface area contributed by atoms with E-state index >= 15 is 0 Å². The predicted octanol–water partition coefficient (Wildman–Crippen LogP) is 4.12. The average Bonchev–Trinajstić information content (AvgIpc) is 2.21. The molecule has 0 aromatic carbocycles. The van der Waals surface area contributed by atoms with Crippen LogP contribution in [0.2, 0.25) is 5.15 Å². The lowest BCUT2D eigenvalue weighted by atomic mass is 9.73. The quantitative estimate of drug-likeness (QED) is 0.785. The molecule has 0 amide bonds.